The van der Waals surface area contributed by atoms with E-state index in [1.807, 2.05) is 6.07 Å². The second kappa shape index (κ2) is 7.38. The van der Waals surface area contributed by atoms with Crippen molar-refractivity contribution < 1.29 is 19.1 Å². The molecule has 7 heteroatoms. The molecule has 0 saturated carbocycles. The number of thiophene rings is 1. The summed E-state index contributed by atoms with van der Waals surface area (Å²) in [5.41, 5.74) is 0.398. The van der Waals surface area contributed by atoms with E-state index in [0.717, 1.165) is 11.3 Å². The van der Waals surface area contributed by atoms with Crippen molar-refractivity contribution in [2.75, 3.05) is 0 Å². The second-order valence-electron chi connectivity index (χ2n) is 4.68. The molecular weight excluding hydrogens is 340 g/mol. The molecule has 3 aromatic rings. The summed E-state index contributed by atoms with van der Waals surface area (Å²) in [7, 11) is 0. The fourth-order valence-electron chi connectivity index (χ4n) is 1.86. The van der Waals surface area contributed by atoms with Gasteiger partial charge >= 0.3 is 11.9 Å². The van der Waals surface area contributed by atoms with Crippen molar-refractivity contribution in [1.29, 1.82) is 5.26 Å². The first-order chi connectivity index (χ1) is 12.2. The van der Waals surface area contributed by atoms with E-state index in [2.05, 4.69) is 10.4 Å². The van der Waals surface area contributed by atoms with Crippen LogP contribution in [-0.4, -0.2) is 16.9 Å². The van der Waals surface area contributed by atoms with E-state index in [4.69, 9.17) is 14.7 Å². The van der Waals surface area contributed by atoms with Crippen molar-refractivity contribution in [3.63, 3.8) is 0 Å². The van der Waals surface area contributed by atoms with Crippen molar-refractivity contribution >= 4 is 23.3 Å². The lowest BCUT2D eigenvalue weighted by Gasteiger charge is -2.07. The summed E-state index contributed by atoms with van der Waals surface area (Å²) in [6.45, 7) is 0. The molecule has 0 atom stereocenters. The molecule has 121 valence electrons. The number of esters is 2. The molecular formula is C18H9N2O4S. The molecule has 0 amide bonds. The van der Waals surface area contributed by atoms with Gasteiger partial charge in [-0.2, -0.15) is 10.2 Å². The van der Waals surface area contributed by atoms with Gasteiger partial charge in [-0.3, -0.25) is 0 Å². The minimum Gasteiger partial charge on any atom is -0.404 e. The first-order valence-electron chi connectivity index (χ1n) is 7.04. The lowest BCUT2D eigenvalue weighted by molar-refractivity contribution is 0.0720. The van der Waals surface area contributed by atoms with Gasteiger partial charge in [0.1, 0.15) is 16.5 Å². The molecule has 1 radical (unpaired) electrons. The van der Waals surface area contributed by atoms with Gasteiger partial charge in [0.25, 0.3) is 0 Å². The standard InChI is InChI=1S/C18H9N2O4S/c19-11-13-8-9-15(23-17(21)12-5-2-1-3-6-12)20-16(13)24-18(22)14-7-4-10-25-14/h1-9H. The van der Waals surface area contributed by atoms with Crippen LogP contribution in [0.3, 0.4) is 0 Å². The molecule has 3 rings (SSSR count). The Balaban J connectivity index is 1.81. The number of carbonyl (C=O) groups excluding carboxylic acids is 2. The fraction of sp³-hybridized carbons (Fsp3) is 0. The van der Waals surface area contributed by atoms with Crippen LogP contribution in [0.5, 0.6) is 11.8 Å². The first-order valence-corrected chi connectivity index (χ1v) is 7.85. The Hall–Kier alpha value is -3.50. The number of pyridine rings is 1. The maximum atomic E-state index is 12.1. The number of nitriles is 1. The van der Waals surface area contributed by atoms with E-state index in [0.29, 0.717) is 10.4 Å². The van der Waals surface area contributed by atoms with E-state index in [1.54, 1.807) is 42.5 Å². The summed E-state index contributed by atoms with van der Waals surface area (Å²) in [6.07, 6.45) is 0. The average molecular weight is 349 g/mol. The predicted octanol–water partition coefficient (Wildman–Crippen LogP) is 3.25. The van der Waals surface area contributed by atoms with Crippen molar-refractivity contribution in [3.05, 3.63) is 76.0 Å². The molecule has 0 aliphatic heterocycles. The highest BCUT2D eigenvalue weighted by atomic mass is 32.1. The van der Waals surface area contributed by atoms with Gasteiger partial charge in [-0.1, -0.05) is 18.2 Å². The quantitative estimate of drug-likeness (QED) is 0.672. The van der Waals surface area contributed by atoms with Gasteiger partial charge in [0.15, 0.2) is 0 Å². The van der Waals surface area contributed by atoms with Gasteiger partial charge < -0.3 is 9.47 Å². The minimum absolute atomic E-state index is 0.0494. The van der Waals surface area contributed by atoms with Crippen LogP contribution in [0.25, 0.3) is 0 Å². The molecule has 0 unspecified atom stereocenters. The normalized spacial score (nSPS) is 9.88. The molecule has 0 bridgehead atoms. The Morgan fingerprint density at radius 2 is 1.84 bits per heavy atom. The molecule has 1 aromatic carbocycles. The van der Waals surface area contributed by atoms with Gasteiger partial charge in [0.2, 0.25) is 11.8 Å². The van der Waals surface area contributed by atoms with E-state index in [-0.39, 0.29) is 17.3 Å². The lowest BCUT2D eigenvalue weighted by Crippen LogP contribution is -2.12. The van der Waals surface area contributed by atoms with Crippen molar-refractivity contribution in [2.45, 2.75) is 0 Å². The monoisotopic (exact) mass is 349 g/mol. The maximum Gasteiger partial charge on any atom is 0.355 e. The molecule has 0 fully saturated rings. The highest BCUT2D eigenvalue weighted by molar-refractivity contribution is 7.11. The van der Waals surface area contributed by atoms with Crippen LogP contribution in [0, 0.1) is 16.7 Å². The Bertz CT molecular complexity index is 947. The molecule has 6 nitrogen and oxygen atoms in total. The summed E-state index contributed by atoms with van der Waals surface area (Å²) >= 11 is 1.08. The molecule has 25 heavy (non-hydrogen) atoms. The summed E-state index contributed by atoms with van der Waals surface area (Å²) in [6, 6.07) is 16.1. The zero-order chi connectivity index (χ0) is 17.6. The fourth-order valence-corrected chi connectivity index (χ4v) is 2.38. The maximum absolute atomic E-state index is 12.1. The Morgan fingerprint density at radius 3 is 2.52 bits per heavy atom. The van der Waals surface area contributed by atoms with Crippen LogP contribution in [0.1, 0.15) is 25.6 Å². The highest BCUT2D eigenvalue weighted by Crippen LogP contribution is 2.22. The number of benzene rings is 1. The van der Waals surface area contributed by atoms with Crippen molar-refractivity contribution in [1.82, 2.24) is 4.98 Å². The van der Waals surface area contributed by atoms with Crippen molar-refractivity contribution in [3.8, 4) is 17.8 Å². The molecule has 0 spiro atoms. The zero-order valence-corrected chi connectivity index (χ0v) is 13.4. The Morgan fingerprint density at radius 1 is 1.04 bits per heavy atom. The van der Waals surface area contributed by atoms with Crippen LogP contribution in [0.4, 0.5) is 0 Å². The number of ether oxygens (including phenoxy) is 2. The van der Waals surface area contributed by atoms with E-state index in [1.165, 1.54) is 12.1 Å². The first kappa shape index (κ1) is 16.4. The van der Waals surface area contributed by atoms with E-state index >= 15 is 0 Å². The smallest absolute Gasteiger partial charge is 0.355 e. The zero-order valence-electron chi connectivity index (χ0n) is 12.6. The topological polar surface area (TPSA) is 89.3 Å². The van der Waals surface area contributed by atoms with Gasteiger partial charge in [0.05, 0.1) is 5.56 Å². The third-order valence-electron chi connectivity index (χ3n) is 3.02. The van der Waals surface area contributed by atoms with Gasteiger partial charge in [0, 0.05) is 11.4 Å². The summed E-state index contributed by atoms with van der Waals surface area (Å²) < 4.78 is 10.3. The van der Waals surface area contributed by atoms with Gasteiger partial charge in [-0.05, 0) is 30.3 Å². The second-order valence-corrected chi connectivity index (χ2v) is 5.56. The average Bonchev–Trinajstić information content (AvgIpc) is 3.17. The SMILES string of the molecule is N#Cc1ccc(OC(=O)c2ccccc2)nc1OC(=O)c1cc[c]s1. The minimum atomic E-state index is -0.665. The number of carbonyl (C=O) groups is 2. The molecule has 0 saturated heterocycles. The van der Waals surface area contributed by atoms with Gasteiger partial charge in [-0.15, -0.1) is 11.3 Å². The summed E-state index contributed by atoms with van der Waals surface area (Å²) in [5, 5.41) is 11.9. The lowest BCUT2D eigenvalue weighted by atomic mass is 10.2. The van der Waals surface area contributed by atoms with Crippen molar-refractivity contribution in [2.24, 2.45) is 0 Å². The Kier molecular flexibility index (Phi) is 4.83. The Labute approximate surface area is 146 Å². The number of hydrogen-bond donors (Lipinski definition) is 0. The molecule has 0 N–H and O–H groups in total. The van der Waals surface area contributed by atoms with Crippen LogP contribution in [-0.2, 0) is 0 Å². The molecule has 2 heterocycles. The number of hydrogen-bond acceptors (Lipinski definition) is 7. The number of aromatic nitrogens is 1. The van der Waals surface area contributed by atoms with Crippen LogP contribution < -0.4 is 9.47 Å². The largest absolute Gasteiger partial charge is 0.404 e. The van der Waals surface area contributed by atoms with Crippen LogP contribution in [0.15, 0.2) is 54.6 Å². The molecule has 0 aliphatic rings. The molecule has 2 aromatic heterocycles. The summed E-state index contributed by atoms with van der Waals surface area (Å²) in [5.74, 6) is -1.57. The van der Waals surface area contributed by atoms with E-state index < -0.39 is 11.9 Å². The number of nitrogens with zero attached hydrogens (tertiary/aromatic N) is 2. The highest BCUT2D eigenvalue weighted by Gasteiger charge is 2.17. The van der Waals surface area contributed by atoms with Gasteiger partial charge in [-0.25, -0.2) is 9.59 Å². The third-order valence-corrected chi connectivity index (χ3v) is 3.80. The van der Waals surface area contributed by atoms with E-state index in [9.17, 15) is 9.59 Å². The number of rotatable bonds is 4. The van der Waals surface area contributed by atoms with Crippen LogP contribution in [0.2, 0.25) is 0 Å². The van der Waals surface area contributed by atoms with Crippen LogP contribution >= 0.6 is 11.3 Å². The predicted molar refractivity (Wildman–Crippen MR) is 88.5 cm³/mol. The molecule has 0 aliphatic carbocycles. The third kappa shape index (κ3) is 3.88. The summed E-state index contributed by atoms with van der Waals surface area (Å²) in [4.78, 5) is 28.3.